The van der Waals surface area contributed by atoms with Crippen LogP contribution in [0.25, 0.3) is 0 Å². The zero-order valence-corrected chi connectivity index (χ0v) is 11.8. The SMILES string of the molecule is O=C(Oc1ccc([N+](=O)[O-])cc1)C1CC[NH2+]CC1.[Br-]. The number of carbonyl (C=O) groups is 1. The molecule has 1 aliphatic heterocycles. The molecule has 1 saturated heterocycles. The number of nitrogens with two attached hydrogens (primary N) is 1. The normalized spacial score (nSPS) is 15.4. The fourth-order valence-electron chi connectivity index (χ4n) is 2.00. The highest BCUT2D eigenvalue weighted by Crippen LogP contribution is 2.19. The number of rotatable bonds is 3. The standard InChI is InChI=1S/C12H14N2O4.BrH/c15-12(9-5-7-13-8-6-9)18-11-3-1-10(2-4-11)14(16)17;/h1-4,9,13H,5-8H2;1H. The van der Waals surface area contributed by atoms with Crippen molar-refractivity contribution >= 4 is 11.7 Å². The number of benzene rings is 1. The van der Waals surface area contributed by atoms with Gasteiger partial charge in [0.2, 0.25) is 0 Å². The fraction of sp³-hybridized carbons (Fsp3) is 0.417. The summed E-state index contributed by atoms with van der Waals surface area (Å²) in [6.07, 6.45) is 1.65. The van der Waals surface area contributed by atoms with Crippen LogP contribution in [0.1, 0.15) is 12.8 Å². The van der Waals surface area contributed by atoms with Crippen molar-refractivity contribution in [2.24, 2.45) is 5.92 Å². The molecule has 0 bridgehead atoms. The zero-order valence-electron chi connectivity index (χ0n) is 10.3. The quantitative estimate of drug-likeness (QED) is 0.287. The number of quaternary nitrogens is 1. The molecule has 1 fully saturated rings. The predicted molar refractivity (Wildman–Crippen MR) is 63.1 cm³/mol. The molecule has 0 spiro atoms. The van der Waals surface area contributed by atoms with Crippen LogP contribution in [0, 0.1) is 16.0 Å². The van der Waals surface area contributed by atoms with E-state index in [2.05, 4.69) is 5.32 Å². The largest absolute Gasteiger partial charge is 1.00 e. The van der Waals surface area contributed by atoms with E-state index in [0.29, 0.717) is 5.75 Å². The van der Waals surface area contributed by atoms with E-state index in [0.717, 1.165) is 25.9 Å². The van der Waals surface area contributed by atoms with Gasteiger partial charge in [0.25, 0.3) is 5.69 Å². The van der Waals surface area contributed by atoms with Gasteiger partial charge in [0.15, 0.2) is 0 Å². The average Bonchev–Trinajstić information content (AvgIpc) is 2.40. The molecule has 0 radical (unpaired) electrons. The van der Waals surface area contributed by atoms with Crippen LogP contribution in [0.3, 0.4) is 0 Å². The van der Waals surface area contributed by atoms with E-state index >= 15 is 0 Å². The summed E-state index contributed by atoms with van der Waals surface area (Å²) >= 11 is 0. The maximum atomic E-state index is 11.8. The third-order valence-electron chi connectivity index (χ3n) is 3.04. The average molecular weight is 331 g/mol. The summed E-state index contributed by atoms with van der Waals surface area (Å²) in [5.74, 6) is 0.0716. The van der Waals surface area contributed by atoms with Gasteiger partial charge in [0.1, 0.15) is 5.75 Å². The Labute approximate surface area is 121 Å². The Kier molecular flexibility index (Phi) is 5.91. The number of ether oxygens (including phenoxy) is 1. The third-order valence-corrected chi connectivity index (χ3v) is 3.04. The highest BCUT2D eigenvalue weighted by molar-refractivity contribution is 5.75. The molecule has 0 saturated carbocycles. The first-order chi connectivity index (χ1) is 8.66. The number of hydrogen-bond donors (Lipinski definition) is 1. The minimum Gasteiger partial charge on any atom is -1.00 e. The van der Waals surface area contributed by atoms with Crippen molar-refractivity contribution in [3.63, 3.8) is 0 Å². The summed E-state index contributed by atoms with van der Waals surface area (Å²) in [5.41, 5.74) is -0.0120. The minimum atomic E-state index is -0.484. The monoisotopic (exact) mass is 330 g/mol. The number of halogens is 1. The van der Waals surface area contributed by atoms with E-state index in [4.69, 9.17) is 4.74 Å². The Bertz CT molecular complexity index is 444. The van der Waals surface area contributed by atoms with Gasteiger partial charge >= 0.3 is 5.97 Å². The van der Waals surface area contributed by atoms with Gasteiger partial charge in [-0.25, -0.2) is 0 Å². The van der Waals surface area contributed by atoms with Gasteiger partial charge in [-0.3, -0.25) is 14.9 Å². The lowest BCUT2D eigenvalue weighted by Crippen LogP contribution is -3.00. The Morgan fingerprint density at radius 2 is 1.84 bits per heavy atom. The summed E-state index contributed by atoms with van der Waals surface area (Å²) < 4.78 is 5.21. The number of nitro benzene ring substituents is 1. The Hall–Kier alpha value is -1.47. The molecule has 2 rings (SSSR count). The maximum absolute atomic E-state index is 11.8. The number of carbonyl (C=O) groups excluding carboxylic acids is 1. The number of non-ortho nitro benzene ring substituents is 1. The lowest BCUT2D eigenvalue weighted by Gasteiger charge is -2.18. The number of nitrogens with zero attached hydrogens (tertiary/aromatic N) is 1. The highest BCUT2D eigenvalue weighted by atomic mass is 79.9. The van der Waals surface area contributed by atoms with Crippen LogP contribution in [0.2, 0.25) is 0 Å². The van der Waals surface area contributed by atoms with Gasteiger partial charge in [-0.2, -0.15) is 0 Å². The van der Waals surface area contributed by atoms with Crippen LogP contribution in [-0.4, -0.2) is 24.0 Å². The summed E-state index contributed by atoms with van der Waals surface area (Å²) in [6.45, 7) is 1.89. The lowest BCUT2D eigenvalue weighted by atomic mass is 9.98. The van der Waals surface area contributed by atoms with Gasteiger partial charge < -0.3 is 27.0 Å². The molecule has 1 aromatic carbocycles. The number of hydrogen-bond acceptors (Lipinski definition) is 4. The van der Waals surface area contributed by atoms with Crippen LogP contribution in [0.4, 0.5) is 5.69 Å². The molecular weight excluding hydrogens is 316 g/mol. The second-order valence-electron chi connectivity index (χ2n) is 4.31. The molecule has 7 heteroatoms. The summed E-state index contributed by atoms with van der Waals surface area (Å²) in [5, 5.41) is 12.7. The van der Waals surface area contributed by atoms with E-state index in [1.54, 1.807) is 0 Å². The smallest absolute Gasteiger partial charge is 0.314 e. The highest BCUT2D eigenvalue weighted by Gasteiger charge is 2.24. The lowest BCUT2D eigenvalue weighted by molar-refractivity contribution is -0.664. The van der Waals surface area contributed by atoms with Crippen molar-refractivity contribution in [2.45, 2.75) is 12.8 Å². The van der Waals surface area contributed by atoms with Crippen LogP contribution in [-0.2, 0) is 4.79 Å². The number of nitro groups is 1. The molecule has 6 nitrogen and oxygen atoms in total. The number of piperidine rings is 1. The molecule has 19 heavy (non-hydrogen) atoms. The molecule has 1 aromatic rings. The van der Waals surface area contributed by atoms with Crippen LogP contribution >= 0.6 is 0 Å². The third kappa shape index (κ3) is 4.29. The second-order valence-corrected chi connectivity index (χ2v) is 4.31. The maximum Gasteiger partial charge on any atom is 0.314 e. The first-order valence-corrected chi connectivity index (χ1v) is 5.94. The molecule has 0 amide bonds. The molecule has 0 aromatic heterocycles. The van der Waals surface area contributed by atoms with Gasteiger partial charge in [0, 0.05) is 25.0 Å². The van der Waals surface area contributed by atoms with E-state index in [-0.39, 0.29) is 34.6 Å². The van der Waals surface area contributed by atoms with Crippen molar-refractivity contribution in [3.05, 3.63) is 34.4 Å². The molecule has 1 aliphatic rings. The topological polar surface area (TPSA) is 86.0 Å². The molecular formula is C12H15BrN2O4. The molecule has 0 aliphatic carbocycles. The van der Waals surface area contributed by atoms with E-state index in [9.17, 15) is 14.9 Å². The summed E-state index contributed by atoms with van der Waals surface area (Å²) in [4.78, 5) is 21.8. The predicted octanol–water partition coefficient (Wildman–Crippen LogP) is -2.52. The Morgan fingerprint density at radius 1 is 1.26 bits per heavy atom. The van der Waals surface area contributed by atoms with Crippen molar-refractivity contribution in [1.82, 2.24) is 0 Å². The zero-order chi connectivity index (χ0) is 13.0. The second kappa shape index (κ2) is 7.20. The first kappa shape index (κ1) is 15.6. The van der Waals surface area contributed by atoms with Crippen molar-refractivity contribution in [3.8, 4) is 5.75 Å². The molecule has 0 atom stereocenters. The minimum absolute atomic E-state index is 0. The summed E-state index contributed by atoms with van der Waals surface area (Å²) in [6, 6.07) is 5.56. The van der Waals surface area contributed by atoms with E-state index in [1.807, 2.05) is 0 Å². The molecule has 104 valence electrons. The Morgan fingerprint density at radius 3 is 2.37 bits per heavy atom. The van der Waals surface area contributed by atoms with E-state index in [1.165, 1.54) is 24.3 Å². The van der Waals surface area contributed by atoms with Gasteiger partial charge in [-0.05, 0) is 12.1 Å². The van der Waals surface area contributed by atoms with Crippen LogP contribution in [0.5, 0.6) is 5.75 Å². The molecule has 2 N–H and O–H groups in total. The van der Waals surface area contributed by atoms with Gasteiger partial charge in [-0.1, -0.05) is 0 Å². The van der Waals surface area contributed by atoms with Crippen LogP contribution < -0.4 is 27.0 Å². The number of esters is 1. The molecule has 0 unspecified atom stereocenters. The summed E-state index contributed by atoms with van der Waals surface area (Å²) in [7, 11) is 0. The van der Waals surface area contributed by atoms with Crippen molar-refractivity contribution in [2.75, 3.05) is 13.1 Å². The Balaban J connectivity index is 0.00000180. The van der Waals surface area contributed by atoms with Crippen LogP contribution in [0.15, 0.2) is 24.3 Å². The van der Waals surface area contributed by atoms with Crippen molar-refractivity contribution in [1.29, 1.82) is 0 Å². The van der Waals surface area contributed by atoms with Gasteiger partial charge in [-0.15, -0.1) is 0 Å². The first-order valence-electron chi connectivity index (χ1n) is 5.94. The fourth-order valence-corrected chi connectivity index (χ4v) is 2.00. The van der Waals surface area contributed by atoms with Gasteiger partial charge in [0.05, 0.1) is 23.9 Å². The van der Waals surface area contributed by atoms with E-state index < -0.39 is 4.92 Å². The van der Waals surface area contributed by atoms with Crippen molar-refractivity contribution < 1.29 is 36.8 Å². The molecule has 1 heterocycles.